The molecule has 0 saturated carbocycles. The fourth-order valence-corrected chi connectivity index (χ4v) is 4.18. The zero-order valence-electron chi connectivity index (χ0n) is 14.4. The van der Waals surface area contributed by atoms with Crippen molar-refractivity contribution in [2.24, 2.45) is 0 Å². The van der Waals surface area contributed by atoms with E-state index in [0.29, 0.717) is 17.1 Å². The Bertz CT molecular complexity index is 1020. The molecule has 130 valence electrons. The molecule has 1 amide bonds. The van der Waals surface area contributed by atoms with E-state index in [9.17, 15) is 9.90 Å². The molecule has 0 bridgehead atoms. The molecule has 0 spiro atoms. The molecule has 2 aromatic carbocycles. The first-order valence-electron chi connectivity index (χ1n) is 8.44. The van der Waals surface area contributed by atoms with Gasteiger partial charge in [0.05, 0.1) is 31.5 Å². The highest BCUT2D eigenvalue weighted by atomic mass is 16.5. The van der Waals surface area contributed by atoms with Gasteiger partial charge in [0.15, 0.2) is 0 Å². The number of hydrogen-bond donors (Lipinski definition) is 1. The van der Waals surface area contributed by atoms with Crippen LogP contribution in [0.25, 0.3) is 11.3 Å². The summed E-state index contributed by atoms with van der Waals surface area (Å²) in [4.78, 5) is 14.8. The van der Waals surface area contributed by atoms with E-state index in [1.165, 1.54) is 0 Å². The van der Waals surface area contributed by atoms with Gasteiger partial charge < -0.3 is 14.6 Å². The average Bonchev–Trinajstić information content (AvgIpc) is 3.13. The molecule has 2 aromatic rings. The lowest BCUT2D eigenvalue weighted by Gasteiger charge is -2.32. The number of nitrogens with zero attached hydrogens (tertiary/aromatic N) is 1. The molecule has 3 aliphatic rings. The predicted octanol–water partition coefficient (Wildman–Crippen LogP) is 3.01. The minimum Gasteiger partial charge on any atom is -0.497 e. The van der Waals surface area contributed by atoms with Crippen molar-refractivity contribution in [3.05, 3.63) is 70.8 Å². The van der Waals surface area contributed by atoms with Gasteiger partial charge in [-0.1, -0.05) is 12.1 Å². The zero-order valence-corrected chi connectivity index (χ0v) is 14.4. The van der Waals surface area contributed by atoms with Crippen molar-refractivity contribution in [1.29, 1.82) is 0 Å². The van der Waals surface area contributed by atoms with Crippen LogP contribution in [0.1, 0.15) is 33.2 Å². The van der Waals surface area contributed by atoms with Gasteiger partial charge in [0, 0.05) is 5.56 Å². The van der Waals surface area contributed by atoms with E-state index in [-0.39, 0.29) is 5.91 Å². The maximum atomic E-state index is 13.1. The van der Waals surface area contributed by atoms with Crippen LogP contribution < -0.4 is 9.47 Å². The third kappa shape index (κ3) is 1.81. The monoisotopic (exact) mass is 347 g/mol. The summed E-state index contributed by atoms with van der Waals surface area (Å²) in [7, 11) is 3.18. The molecule has 0 saturated heterocycles. The third-order valence-electron chi connectivity index (χ3n) is 5.42. The number of allylic oxidation sites excluding steroid dienone is 2. The summed E-state index contributed by atoms with van der Waals surface area (Å²) in [6.45, 7) is 0. The van der Waals surface area contributed by atoms with E-state index >= 15 is 0 Å². The first-order chi connectivity index (χ1) is 12.6. The van der Waals surface area contributed by atoms with Gasteiger partial charge in [0.1, 0.15) is 17.6 Å². The molecule has 5 heteroatoms. The number of carbonyl (C=O) groups excluding carboxylic acids is 1. The molecule has 2 atom stereocenters. The van der Waals surface area contributed by atoms with E-state index < -0.39 is 12.1 Å². The maximum absolute atomic E-state index is 13.1. The van der Waals surface area contributed by atoms with Gasteiger partial charge >= 0.3 is 0 Å². The van der Waals surface area contributed by atoms with Gasteiger partial charge in [-0.15, -0.1) is 0 Å². The molecule has 0 aromatic heterocycles. The van der Waals surface area contributed by atoms with Crippen molar-refractivity contribution in [2.75, 3.05) is 14.2 Å². The average molecular weight is 347 g/mol. The first kappa shape index (κ1) is 15.2. The number of amides is 1. The number of hydrogen-bond acceptors (Lipinski definition) is 4. The molecule has 0 unspecified atom stereocenters. The Morgan fingerprint density at radius 3 is 2.35 bits per heavy atom. The highest BCUT2D eigenvalue weighted by Gasteiger charge is 2.47. The molecule has 1 aliphatic carbocycles. The molecule has 0 fully saturated rings. The van der Waals surface area contributed by atoms with Crippen LogP contribution in [-0.2, 0) is 0 Å². The summed E-state index contributed by atoms with van der Waals surface area (Å²) in [6, 6.07) is 10.7. The second kappa shape index (κ2) is 5.22. The highest BCUT2D eigenvalue weighted by molar-refractivity contribution is 6.12. The molecule has 26 heavy (non-hydrogen) atoms. The summed E-state index contributed by atoms with van der Waals surface area (Å²) < 4.78 is 10.5. The van der Waals surface area contributed by atoms with Gasteiger partial charge in [-0.25, -0.2) is 0 Å². The van der Waals surface area contributed by atoms with E-state index in [1.807, 2.05) is 42.5 Å². The molecular weight excluding hydrogens is 330 g/mol. The van der Waals surface area contributed by atoms with E-state index in [2.05, 4.69) is 0 Å². The van der Waals surface area contributed by atoms with Crippen LogP contribution in [0.5, 0.6) is 11.5 Å². The van der Waals surface area contributed by atoms with Gasteiger partial charge in [0.2, 0.25) is 0 Å². The second-order valence-corrected chi connectivity index (χ2v) is 6.60. The zero-order chi connectivity index (χ0) is 18.0. The van der Waals surface area contributed by atoms with Crippen molar-refractivity contribution < 1.29 is 19.4 Å². The normalized spacial score (nSPS) is 22.1. The largest absolute Gasteiger partial charge is 0.497 e. The van der Waals surface area contributed by atoms with Crippen molar-refractivity contribution in [3.8, 4) is 11.5 Å². The van der Waals surface area contributed by atoms with Crippen LogP contribution in [0.15, 0.2) is 48.6 Å². The minimum atomic E-state index is -0.796. The van der Waals surface area contributed by atoms with Gasteiger partial charge in [-0.05, 0) is 53.1 Å². The van der Waals surface area contributed by atoms with Crippen molar-refractivity contribution in [3.63, 3.8) is 0 Å². The fourth-order valence-electron chi connectivity index (χ4n) is 4.18. The minimum absolute atomic E-state index is 0.112. The third-order valence-corrected chi connectivity index (χ3v) is 5.42. The summed E-state index contributed by atoms with van der Waals surface area (Å²) in [5.41, 5.74) is 4.99. The number of rotatable bonds is 2. The maximum Gasteiger partial charge on any atom is 0.259 e. The van der Waals surface area contributed by atoms with Crippen molar-refractivity contribution in [2.45, 2.75) is 12.1 Å². The number of aliphatic hydroxyl groups excluding tert-OH is 1. The Morgan fingerprint density at radius 2 is 1.62 bits per heavy atom. The Hall–Kier alpha value is -3.05. The SMILES string of the molecule is COc1ccc2c(c1)C(=O)N1C2=CC=C2c3ccc(OC)cc3[C@H](O)[C@H]21. The molecule has 1 N–H and O–H groups in total. The Labute approximate surface area is 150 Å². The number of carbonyl (C=O) groups is 1. The Morgan fingerprint density at radius 1 is 0.923 bits per heavy atom. The lowest BCUT2D eigenvalue weighted by atomic mass is 9.99. The summed E-state index contributed by atoms with van der Waals surface area (Å²) in [5, 5.41) is 11.0. The predicted molar refractivity (Wildman–Crippen MR) is 96.9 cm³/mol. The van der Waals surface area contributed by atoms with Crippen LogP contribution >= 0.6 is 0 Å². The van der Waals surface area contributed by atoms with Crippen molar-refractivity contribution in [1.82, 2.24) is 4.90 Å². The fraction of sp³-hybridized carbons (Fsp3) is 0.190. The Balaban J connectivity index is 1.65. The van der Waals surface area contributed by atoms with Gasteiger partial charge in [0.25, 0.3) is 5.91 Å². The number of ether oxygens (including phenoxy) is 2. The van der Waals surface area contributed by atoms with Crippen LogP contribution in [-0.4, -0.2) is 36.2 Å². The number of methoxy groups -OCH3 is 2. The molecule has 2 heterocycles. The van der Waals surface area contributed by atoms with Gasteiger partial charge in [-0.2, -0.15) is 0 Å². The smallest absolute Gasteiger partial charge is 0.259 e. The molecular formula is C21H17NO4. The van der Waals surface area contributed by atoms with E-state index in [0.717, 1.165) is 28.0 Å². The van der Waals surface area contributed by atoms with Crippen molar-refractivity contribution >= 4 is 17.2 Å². The lowest BCUT2D eigenvalue weighted by molar-refractivity contribution is 0.0688. The van der Waals surface area contributed by atoms with Crippen LogP contribution in [0.3, 0.4) is 0 Å². The summed E-state index contributed by atoms with van der Waals surface area (Å²) >= 11 is 0. The summed E-state index contributed by atoms with van der Waals surface area (Å²) in [5.74, 6) is 1.22. The van der Waals surface area contributed by atoms with Crippen LogP contribution in [0, 0.1) is 0 Å². The summed E-state index contributed by atoms with van der Waals surface area (Å²) in [6.07, 6.45) is 3.16. The van der Waals surface area contributed by atoms with E-state index in [1.54, 1.807) is 25.2 Å². The number of fused-ring (bicyclic) bond motifs is 7. The molecule has 5 nitrogen and oxygen atoms in total. The number of aliphatic hydroxyl groups is 1. The Kier molecular flexibility index (Phi) is 3.06. The quantitative estimate of drug-likeness (QED) is 0.907. The second-order valence-electron chi connectivity index (χ2n) is 6.60. The molecule has 5 rings (SSSR count). The lowest BCUT2D eigenvalue weighted by Crippen LogP contribution is -2.38. The van der Waals surface area contributed by atoms with Crippen LogP contribution in [0.2, 0.25) is 0 Å². The van der Waals surface area contributed by atoms with Gasteiger partial charge in [-0.3, -0.25) is 9.69 Å². The van der Waals surface area contributed by atoms with Crippen LogP contribution in [0.4, 0.5) is 0 Å². The highest BCUT2D eigenvalue weighted by Crippen LogP contribution is 2.51. The molecule has 0 radical (unpaired) electrons. The topological polar surface area (TPSA) is 59.0 Å². The number of benzene rings is 2. The molecule has 2 aliphatic heterocycles. The standard InChI is InChI=1S/C21H17NO4/c1-25-11-3-5-13-15-7-8-18-14-6-4-12(26-2)10-17(14)21(24)22(18)19(15)20(23)16(13)9-11/h3-10,19-20,23H,1-2H3/t19-,20-/m0/s1. The van der Waals surface area contributed by atoms with E-state index in [4.69, 9.17) is 9.47 Å². The first-order valence-corrected chi connectivity index (χ1v) is 8.44.